The van der Waals surface area contributed by atoms with E-state index in [9.17, 15) is 0 Å². The largest absolute Gasteiger partial charge is 0.378 e. The SMILES string of the molecule is C[C@H]1CN(Cc2cnn(Cc3ccccc3)c2)C[C@]2(CCOC2)O1. The van der Waals surface area contributed by atoms with Crippen LogP contribution < -0.4 is 0 Å². The van der Waals surface area contributed by atoms with E-state index < -0.39 is 0 Å². The third-order valence-electron chi connectivity index (χ3n) is 4.83. The summed E-state index contributed by atoms with van der Waals surface area (Å²) in [4.78, 5) is 2.48. The lowest BCUT2D eigenvalue weighted by atomic mass is 9.99. The summed E-state index contributed by atoms with van der Waals surface area (Å²) in [5.41, 5.74) is 2.43. The smallest absolute Gasteiger partial charge is 0.107 e. The van der Waals surface area contributed by atoms with Crippen LogP contribution in [0.5, 0.6) is 0 Å². The first kappa shape index (κ1) is 15.8. The molecule has 2 atom stereocenters. The van der Waals surface area contributed by atoms with E-state index in [1.165, 1.54) is 11.1 Å². The summed E-state index contributed by atoms with van der Waals surface area (Å²) in [6, 6.07) is 10.4. The highest BCUT2D eigenvalue weighted by atomic mass is 16.6. The Morgan fingerprint density at radius 2 is 2.08 bits per heavy atom. The molecule has 5 heteroatoms. The second kappa shape index (κ2) is 6.67. The summed E-state index contributed by atoms with van der Waals surface area (Å²) in [6.45, 7) is 7.34. The first-order chi connectivity index (χ1) is 11.7. The van der Waals surface area contributed by atoms with Gasteiger partial charge in [-0.05, 0) is 12.5 Å². The van der Waals surface area contributed by atoms with Crippen LogP contribution in [0.25, 0.3) is 0 Å². The minimum Gasteiger partial charge on any atom is -0.378 e. The van der Waals surface area contributed by atoms with Crippen molar-refractivity contribution in [2.75, 3.05) is 26.3 Å². The number of morpholine rings is 1. The number of ether oxygens (including phenoxy) is 2. The summed E-state index contributed by atoms with van der Waals surface area (Å²) in [7, 11) is 0. The van der Waals surface area contributed by atoms with Gasteiger partial charge in [-0.3, -0.25) is 9.58 Å². The minimum absolute atomic E-state index is 0.0995. The third kappa shape index (κ3) is 3.53. The molecule has 0 bridgehead atoms. The van der Waals surface area contributed by atoms with E-state index in [0.717, 1.165) is 45.8 Å². The fourth-order valence-electron chi connectivity index (χ4n) is 3.87. The molecule has 0 amide bonds. The van der Waals surface area contributed by atoms with Crippen molar-refractivity contribution in [1.82, 2.24) is 14.7 Å². The average Bonchev–Trinajstić information content (AvgIpc) is 3.18. The van der Waals surface area contributed by atoms with Crippen LogP contribution in [0.4, 0.5) is 0 Å². The number of nitrogens with zero attached hydrogens (tertiary/aromatic N) is 3. The molecule has 0 N–H and O–H groups in total. The van der Waals surface area contributed by atoms with Crippen molar-refractivity contribution >= 4 is 0 Å². The maximum atomic E-state index is 6.20. The van der Waals surface area contributed by atoms with Gasteiger partial charge in [-0.25, -0.2) is 0 Å². The molecule has 128 valence electrons. The van der Waals surface area contributed by atoms with Gasteiger partial charge >= 0.3 is 0 Å². The van der Waals surface area contributed by atoms with Gasteiger partial charge in [-0.2, -0.15) is 5.10 Å². The molecule has 2 aliphatic rings. The van der Waals surface area contributed by atoms with Crippen molar-refractivity contribution in [3.8, 4) is 0 Å². The molecule has 2 saturated heterocycles. The van der Waals surface area contributed by atoms with E-state index in [0.29, 0.717) is 0 Å². The summed E-state index contributed by atoms with van der Waals surface area (Å²) in [6.07, 6.45) is 5.40. The number of benzene rings is 1. The predicted molar refractivity (Wildman–Crippen MR) is 91.8 cm³/mol. The van der Waals surface area contributed by atoms with Gasteiger partial charge in [-0.15, -0.1) is 0 Å². The molecule has 1 aromatic carbocycles. The monoisotopic (exact) mass is 327 g/mol. The van der Waals surface area contributed by atoms with Gasteiger partial charge in [0.1, 0.15) is 5.60 Å². The van der Waals surface area contributed by atoms with Crippen LogP contribution in [0.15, 0.2) is 42.7 Å². The van der Waals surface area contributed by atoms with Gasteiger partial charge in [0.25, 0.3) is 0 Å². The van der Waals surface area contributed by atoms with Crippen LogP contribution in [0.1, 0.15) is 24.5 Å². The molecular weight excluding hydrogens is 302 g/mol. The Kier molecular flexibility index (Phi) is 4.39. The summed E-state index contributed by atoms with van der Waals surface area (Å²) >= 11 is 0. The number of aromatic nitrogens is 2. The van der Waals surface area contributed by atoms with Gasteiger partial charge in [0.2, 0.25) is 0 Å². The fourth-order valence-corrected chi connectivity index (χ4v) is 3.87. The van der Waals surface area contributed by atoms with Crippen molar-refractivity contribution < 1.29 is 9.47 Å². The quantitative estimate of drug-likeness (QED) is 0.864. The fraction of sp³-hybridized carbons (Fsp3) is 0.526. The standard InChI is InChI=1S/C19H25N3O2/c1-16-10-21(14-19(24-16)7-8-23-15-19)11-18-9-20-22(13-18)12-17-5-3-2-4-6-17/h2-6,9,13,16H,7-8,10-12,14-15H2,1H3/t16-,19-/m0/s1. The Morgan fingerprint density at radius 3 is 2.88 bits per heavy atom. The molecule has 1 spiro atoms. The number of hydrogen-bond acceptors (Lipinski definition) is 4. The molecule has 2 fully saturated rings. The van der Waals surface area contributed by atoms with Crippen LogP contribution in [0.2, 0.25) is 0 Å². The van der Waals surface area contributed by atoms with Crippen LogP contribution in [-0.2, 0) is 22.6 Å². The molecular formula is C19H25N3O2. The summed E-state index contributed by atoms with van der Waals surface area (Å²) in [5.74, 6) is 0. The number of rotatable bonds is 4. The maximum absolute atomic E-state index is 6.20. The van der Waals surface area contributed by atoms with Crippen molar-refractivity contribution in [3.63, 3.8) is 0 Å². The molecule has 0 unspecified atom stereocenters. The summed E-state index contributed by atoms with van der Waals surface area (Å²) < 4.78 is 13.8. The molecule has 2 aromatic rings. The van der Waals surface area contributed by atoms with Gasteiger partial charge < -0.3 is 9.47 Å². The van der Waals surface area contributed by atoms with Gasteiger partial charge in [0.05, 0.1) is 25.5 Å². The van der Waals surface area contributed by atoms with Crippen molar-refractivity contribution in [1.29, 1.82) is 0 Å². The molecule has 0 saturated carbocycles. The summed E-state index contributed by atoms with van der Waals surface area (Å²) in [5, 5.41) is 4.52. The van der Waals surface area contributed by atoms with Crippen molar-refractivity contribution in [2.24, 2.45) is 0 Å². The molecule has 0 radical (unpaired) electrons. The van der Waals surface area contributed by atoms with Crippen molar-refractivity contribution in [3.05, 3.63) is 53.9 Å². The Hall–Kier alpha value is -1.69. The topological polar surface area (TPSA) is 39.5 Å². The molecule has 3 heterocycles. The Balaban J connectivity index is 1.40. The van der Waals surface area contributed by atoms with Gasteiger partial charge in [-0.1, -0.05) is 30.3 Å². The highest BCUT2D eigenvalue weighted by Gasteiger charge is 2.42. The van der Waals surface area contributed by atoms with E-state index in [4.69, 9.17) is 9.47 Å². The van der Waals surface area contributed by atoms with Crippen LogP contribution in [-0.4, -0.2) is 52.7 Å². The molecule has 2 aliphatic heterocycles. The Bertz CT molecular complexity index is 664. The third-order valence-corrected chi connectivity index (χ3v) is 4.83. The Morgan fingerprint density at radius 1 is 1.21 bits per heavy atom. The lowest BCUT2D eigenvalue weighted by molar-refractivity contribution is -0.149. The predicted octanol–water partition coefficient (Wildman–Crippen LogP) is 2.31. The maximum Gasteiger partial charge on any atom is 0.107 e. The first-order valence-corrected chi connectivity index (χ1v) is 8.74. The second-order valence-corrected chi connectivity index (χ2v) is 7.12. The Labute approximate surface area is 143 Å². The normalized spacial score (nSPS) is 27.8. The highest BCUT2D eigenvalue weighted by Crippen LogP contribution is 2.30. The second-order valence-electron chi connectivity index (χ2n) is 7.12. The zero-order valence-electron chi connectivity index (χ0n) is 14.2. The molecule has 0 aliphatic carbocycles. The zero-order valence-corrected chi connectivity index (χ0v) is 14.2. The van der Waals surface area contributed by atoms with Crippen molar-refractivity contribution in [2.45, 2.75) is 38.1 Å². The van der Waals surface area contributed by atoms with E-state index >= 15 is 0 Å². The van der Waals surface area contributed by atoms with Gasteiger partial charge in [0, 0.05) is 44.4 Å². The van der Waals surface area contributed by atoms with Gasteiger partial charge in [0.15, 0.2) is 0 Å². The average molecular weight is 327 g/mol. The molecule has 1 aromatic heterocycles. The van der Waals surface area contributed by atoms with E-state index in [2.05, 4.69) is 47.4 Å². The minimum atomic E-state index is -0.0995. The van der Waals surface area contributed by atoms with Crippen LogP contribution >= 0.6 is 0 Å². The van der Waals surface area contributed by atoms with E-state index in [1.807, 2.05) is 16.9 Å². The molecule has 4 rings (SSSR count). The van der Waals surface area contributed by atoms with Crippen LogP contribution in [0.3, 0.4) is 0 Å². The van der Waals surface area contributed by atoms with E-state index in [-0.39, 0.29) is 11.7 Å². The number of hydrogen-bond donors (Lipinski definition) is 0. The lowest BCUT2D eigenvalue weighted by Crippen LogP contribution is -2.55. The van der Waals surface area contributed by atoms with Crippen LogP contribution in [0, 0.1) is 0 Å². The van der Waals surface area contributed by atoms with E-state index in [1.54, 1.807) is 0 Å². The molecule has 24 heavy (non-hydrogen) atoms. The zero-order chi connectivity index (χ0) is 16.4. The molecule has 5 nitrogen and oxygen atoms in total. The first-order valence-electron chi connectivity index (χ1n) is 8.74. The lowest BCUT2D eigenvalue weighted by Gasteiger charge is -2.42. The highest BCUT2D eigenvalue weighted by molar-refractivity contribution is 5.15.